The summed E-state index contributed by atoms with van der Waals surface area (Å²) in [5.74, 6) is -0.202. The number of aliphatic hydroxyl groups excluding tert-OH is 1. The molecule has 0 bridgehead atoms. The van der Waals surface area contributed by atoms with E-state index in [1.54, 1.807) is 42.5 Å². The number of amides is 1. The number of carbonyl (C=O) groups is 2. The molecule has 1 fully saturated rings. The van der Waals surface area contributed by atoms with E-state index >= 15 is 0 Å². The van der Waals surface area contributed by atoms with Crippen molar-refractivity contribution in [2.45, 2.75) is 26.1 Å². The Hall–Kier alpha value is -5.04. The zero-order valence-electron chi connectivity index (χ0n) is 22.9. The fourth-order valence-corrected chi connectivity index (χ4v) is 4.93. The SMILES string of the molecule is CCOc1cccc(/C(O)=C2\C(=O)C(=O)N(Cc3ccccc3)C2c2ccc(OCc3ccccc3)c(OC)c2)c1. The zero-order chi connectivity index (χ0) is 28.8. The van der Waals surface area contributed by atoms with Crippen LogP contribution in [-0.2, 0) is 22.7 Å². The summed E-state index contributed by atoms with van der Waals surface area (Å²) in [7, 11) is 1.54. The monoisotopic (exact) mass is 549 g/mol. The number of rotatable bonds is 10. The number of carbonyl (C=O) groups excluding carboxylic acids is 2. The lowest BCUT2D eigenvalue weighted by molar-refractivity contribution is -0.140. The van der Waals surface area contributed by atoms with E-state index in [-0.39, 0.29) is 17.9 Å². The summed E-state index contributed by atoms with van der Waals surface area (Å²) < 4.78 is 17.3. The Kier molecular flexibility index (Phi) is 8.34. The molecule has 0 spiro atoms. The van der Waals surface area contributed by atoms with Crippen LogP contribution in [0.15, 0.2) is 109 Å². The van der Waals surface area contributed by atoms with Gasteiger partial charge in [-0.3, -0.25) is 9.59 Å². The van der Waals surface area contributed by atoms with Crippen LogP contribution < -0.4 is 14.2 Å². The third-order valence-electron chi connectivity index (χ3n) is 6.89. The van der Waals surface area contributed by atoms with Gasteiger partial charge >= 0.3 is 0 Å². The van der Waals surface area contributed by atoms with Gasteiger partial charge in [-0.1, -0.05) is 78.9 Å². The van der Waals surface area contributed by atoms with Crippen LogP contribution in [0.25, 0.3) is 5.76 Å². The molecule has 0 aromatic heterocycles. The van der Waals surface area contributed by atoms with Crippen LogP contribution in [0.2, 0.25) is 0 Å². The van der Waals surface area contributed by atoms with Crippen molar-refractivity contribution in [1.82, 2.24) is 4.90 Å². The number of hydrogen-bond acceptors (Lipinski definition) is 6. The van der Waals surface area contributed by atoms with Crippen molar-refractivity contribution in [3.8, 4) is 17.2 Å². The Morgan fingerprint density at radius 2 is 1.51 bits per heavy atom. The Morgan fingerprint density at radius 3 is 2.20 bits per heavy atom. The van der Waals surface area contributed by atoms with E-state index in [0.717, 1.165) is 11.1 Å². The molecule has 4 aromatic rings. The van der Waals surface area contributed by atoms with E-state index in [0.29, 0.717) is 41.6 Å². The fraction of sp³-hybridized carbons (Fsp3) is 0.176. The van der Waals surface area contributed by atoms with Crippen LogP contribution in [0, 0.1) is 0 Å². The molecule has 7 nitrogen and oxygen atoms in total. The Bertz CT molecular complexity index is 1560. The van der Waals surface area contributed by atoms with E-state index < -0.39 is 17.7 Å². The van der Waals surface area contributed by atoms with Gasteiger partial charge in [0.1, 0.15) is 18.1 Å². The number of aliphatic hydroxyl groups is 1. The van der Waals surface area contributed by atoms with Crippen molar-refractivity contribution < 1.29 is 28.9 Å². The maximum absolute atomic E-state index is 13.5. The van der Waals surface area contributed by atoms with Crippen molar-refractivity contribution in [3.63, 3.8) is 0 Å². The number of likely N-dealkylation sites (tertiary alicyclic amines) is 1. The molecule has 1 N–H and O–H groups in total. The number of hydrogen-bond donors (Lipinski definition) is 1. The van der Waals surface area contributed by atoms with E-state index in [1.165, 1.54) is 12.0 Å². The average molecular weight is 550 g/mol. The third-order valence-corrected chi connectivity index (χ3v) is 6.89. The topological polar surface area (TPSA) is 85.3 Å². The number of ketones is 1. The van der Waals surface area contributed by atoms with Gasteiger partial charge in [0.2, 0.25) is 0 Å². The average Bonchev–Trinajstić information content (AvgIpc) is 3.26. The molecule has 1 aliphatic heterocycles. The van der Waals surface area contributed by atoms with E-state index in [2.05, 4.69) is 0 Å². The molecule has 41 heavy (non-hydrogen) atoms. The first-order chi connectivity index (χ1) is 20.0. The van der Waals surface area contributed by atoms with Crippen molar-refractivity contribution in [2.75, 3.05) is 13.7 Å². The summed E-state index contributed by atoms with van der Waals surface area (Å²) in [6.07, 6.45) is 0. The molecule has 1 heterocycles. The Balaban J connectivity index is 1.58. The molecule has 208 valence electrons. The van der Waals surface area contributed by atoms with Crippen LogP contribution in [0.3, 0.4) is 0 Å². The molecule has 5 rings (SSSR count). The van der Waals surface area contributed by atoms with Gasteiger partial charge in [0.25, 0.3) is 11.7 Å². The van der Waals surface area contributed by atoms with Crippen molar-refractivity contribution in [2.24, 2.45) is 0 Å². The minimum absolute atomic E-state index is 0.000383. The van der Waals surface area contributed by atoms with Gasteiger partial charge in [0.05, 0.1) is 25.3 Å². The van der Waals surface area contributed by atoms with Gasteiger partial charge in [-0.2, -0.15) is 0 Å². The summed E-state index contributed by atoms with van der Waals surface area (Å²) >= 11 is 0. The Labute approximate surface area is 239 Å². The Morgan fingerprint density at radius 1 is 0.805 bits per heavy atom. The predicted molar refractivity (Wildman–Crippen MR) is 156 cm³/mol. The van der Waals surface area contributed by atoms with Gasteiger partial charge in [-0.05, 0) is 47.9 Å². The minimum atomic E-state index is -0.858. The molecule has 1 amide bonds. The number of Topliss-reactive ketones (excluding diaryl/α,β-unsaturated/α-hetero) is 1. The molecular formula is C34H31NO6. The highest BCUT2D eigenvalue weighted by Gasteiger charge is 2.46. The summed E-state index contributed by atoms with van der Waals surface area (Å²) in [6.45, 7) is 2.84. The highest BCUT2D eigenvalue weighted by atomic mass is 16.5. The first-order valence-corrected chi connectivity index (χ1v) is 13.4. The molecule has 1 atom stereocenters. The largest absolute Gasteiger partial charge is 0.507 e. The smallest absolute Gasteiger partial charge is 0.295 e. The lowest BCUT2D eigenvalue weighted by atomic mass is 9.94. The molecule has 7 heteroatoms. The molecular weight excluding hydrogens is 518 g/mol. The third kappa shape index (κ3) is 5.94. The quantitative estimate of drug-likeness (QED) is 0.142. The standard InChI is InChI=1S/C34H31NO6/c1-3-40-27-16-10-15-26(19-27)32(36)30-31(35(34(38)33(30)37)21-23-11-6-4-7-12-23)25-17-18-28(29(20-25)39-2)41-22-24-13-8-5-9-14-24/h4-20,31,36H,3,21-22H2,1-2H3/b32-30+. The summed E-state index contributed by atoms with van der Waals surface area (Å²) in [6, 6.07) is 30.5. The highest BCUT2D eigenvalue weighted by molar-refractivity contribution is 6.46. The van der Waals surface area contributed by atoms with Crippen LogP contribution in [0.4, 0.5) is 0 Å². The van der Waals surface area contributed by atoms with Crippen LogP contribution in [0.5, 0.6) is 17.2 Å². The minimum Gasteiger partial charge on any atom is -0.507 e. The number of nitrogens with zero attached hydrogens (tertiary/aromatic N) is 1. The predicted octanol–water partition coefficient (Wildman–Crippen LogP) is 6.29. The second-order valence-corrected chi connectivity index (χ2v) is 9.56. The number of ether oxygens (including phenoxy) is 3. The highest BCUT2D eigenvalue weighted by Crippen LogP contribution is 2.43. The lowest BCUT2D eigenvalue weighted by Crippen LogP contribution is -2.29. The van der Waals surface area contributed by atoms with Gasteiger partial charge in [-0.15, -0.1) is 0 Å². The maximum atomic E-state index is 13.5. The first-order valence-electron chi connectivity index (χ1n) is 13.4. The molecule has 1 aliphatic rings. The summed E-state index contributed by atoms with van der Waals surface area (Å²) in [5.41, 5.74) is 2.84. The van der Waals surface area contributed by atoms with Crippen LogP contribution >= 0.6 is 0 Å². The molecule has 1 saturated heterocycles. The lowest BCUT2D eigenvalue weighted by Gasteiger charge is -2.26. The van der Waals surface area contributed by atoms with Gasteiger partial charge < -0.3 is 24.2 Å². The molecule has 1 unspecified atom stereocenters. The zero-order valence-corrected chi connectivity index (χ0v) is 22.9. The van der Waals surface area contributed by atoms with E-state index in [9.17, 15) is 14.7 Å². The second-order valence-electron chi connectivity index (χ2n) is 9.56. The van der Waals surface area contributed by atoms with E-state index in [1.807, 2.05) is 67.6 Å². The van der Waals surface area contributed by atoms with Crippen LogP contribution in [0.1, 0.15) is 35.2 Å². The molecule has 0 saturated carbocycles. The molecule has 0 aliphatic carbocycles. The van der Waals surface area contributed by atoms with Crippen molar-refractivity contribution in [1.29, 1.82) is 0 Å². The fourth-order valence-electron chi connectivity index (χ4n) is 4.93. The van der Waals surface area contributed by atoms with Gasteiger partial charge in [0, 0.05) is 12.1 Å². The first kappa shape index (κ1) is 27.5. The van der Waals surface area contributed by atoms with Gasteiger partial charge in [-0.25, -0.2) is 0 Å². The van der Waals surface area contributed by atoms with Crippen molar-refractivity contribution in [3.05, 3.63) is 131 Å². The molecule has 0 radical (unpaired) electrons. The van der Waals surface area contributed by atoms with Gasteiger partial charge in [0.15, 0.2) is 11.5 Å². The summed E-state index contributed by atoms with van der Waals surface area (Å²) in [4.78, 5) is 28.4. The summed E-state index contributed by atoms with van der Waals surface area (Å²) in [5, 5.41) is 11.5. The van der Waals surface area contributed by atoms with Crippen molar-refractivity contribution >= 4 is 17.4 Å². The normalized spacial score (nSPS) is 16.0. The number of benzene rings is 4. The van der Waals surface area contributed by atoms with E-state index in [4.69, 9.17) is 14.2 Å². The maximum Gasteiger partial charge on any atom is 0.295 e. The molecule has 4 aromatic carbocycles. The van der Waals surface area contributed by atoms with Crippen LogP contribution in [-0.4, -0.2) is 35.4 Å². The second kappa shape index (κ2) is 12.4. The number of methoxy groups -OCH3 is 1.